The molecular weight excluding hydrogens is 343 g/mol. The zero-order valence-corrected chi connectivity index (χ0v) is 16.2. The van der Waals surface area contributed by atoms with Gasteiger partial charge in [0, 0.05) is 26.1 Å². The SMILES string of the molecule is CN=C(NCC(CO)c1ccccc1)NCC(c1cccc(F)c1)N(C)C. The van der Waals surface area contributed by atoms with Crippen LogP contribution in [0.4, 0.5) is 4.39 Å². The lowest BCUT2D eigenvalue weighted by Gasteiger charge is -2.26. The highest BCUT2D eigenvalue weighted by Gasteiger charge is 2.16. The summed E-state index contributed by atoms with van der Waals surface area (Å²) in [4.78, 5) is 6.29. The number of nitrogens with zero attached hydrogens (tertiary/aromatic N) is 2. The van der Waals surface area contributed by atoms with Gasteiger partial charge in [0.05, 0.1) is 12.6 Å². The molecule has 2 aromatic carbocycles. The number of halogens is 1. The first-order valence-electron chi connectivity index (χ1n) is 9.07. The van der Waals surface area contributed by atoms with Crippen molar-refractivity contribution in [1.29, 1.82) is 0 Å². The molecule has 0 spiro atoms. The Bertz CT molecular complexity index is 721. The van der Waals surface area contributed by atoms with E-state index in [9.17, 15) is 9.50 Å². The van der Waals surface area contributed by atoms with Crippen molar-refractivity contribution < 1.29 is 9.50 Å². The maximum Gasteiger partial charge on any atom is 0.191 e. The molecule has 2 rings (SSSR count). The van der Waals surface area contributed by atoms with Gasteiger partial charge in [0.25, 0.3) is 0 Å². The highest BCUT2D eigenvalue weighted by molar-refractivity contribution is 5.79. The summed E-state index contributed by atoms with van der Waals surface area (Å²) in [7, 11) is 5.63. The van der Waals surface area contributed by atoms with Crippen LogP contribution in [0.25, 0.3) is 0 Å². The van der Waals surface area contributed by atoms with Gasteiger partial charge in [-0.1, -0.05) is 42.5 Å². The van der Waals surface area contributed by atoms with Gasteiger partial charge in [-0.3, -0.25) is 4.99 Å². The maximum absolute atomic E-state index is 13.6. The van der Waals surface area contributed by atoms with Crippen molar-refractivity contribution in [2.24, 2.45) is 4.99 Å². The van der Waals surface area contributed by atoms with Crippen LogP contribution in [0.5, 0.6) is 0 Å². The third-order valence-corrected chi connectivity index (χ3v) is 4.55. The summed E-state index contributed by atoms with van der Waals surface area (Å²) in [5.41, 5.74) is 1.98. The van der Waals surface area contributed by atoms with E-state index in [0.29, 0.717) is 19.0 Å². The Balaban J connectivity index is 1.95. The first kappa shape index (κ1) is 20.9. The second-order valence-corrected chi connectivity index (χ2v) is 6.66. The topological polar surface area (TPSA) is 59.9 Å². The summed E-state index contributed by atoms with van der Waals surface area (Å²) in [5.74, 6) is 0.390. The predicted octanol–water partition coefficient (Wildman–Crippen LogP) is 2.37. The number of benzene rings is 2. The van der Waals surface area contributed by atoms with Crippen LogP contribution in [-0.2, 0) is 0 Å². The fourth-order valence-electron chi connectivity index (χ4n) is 2.96. The number of hydrogen-bond donors (Lipinski definition) is 3. The fourth-order valence-corrected chi connectivity index (χ4v) is 2.96. The lowest BCUT2D eigenvalue weighted by atomic mass is 10.0. The minimum absolute atomic E-state index is 0.00186. The van der Waals surface area contributed by atoms with Gasteiger partial charge in [0.2, 0.25) is 0 Å². The van der Waals surface area contributed by atoms with E-state index in [1.807, 2.05) is 55.4 Å². The average Bonchev–Trinajstić information content (AvgIpc) is 2.67. The van der Waals surface area contributed by atoms with Crippen molar-refractivity contribution in [3.8, 4) is 0 Å². The monoisotopic (exact) mass is 372 g/mol. The molecular formula is C21H29FN4O. The Morgan fingerprint density at radius 1 is 1.04 bits per heavy atom. The summed E-state index contributed by atoms with van der Waals surface area (Å²) in [6.07, 6.45) is 0. The third-order valence-electron chi connectivity index (χ3n) is 4.55. The molecule has 0 saturated heterocycles. The van der Waals surface area contributed by atoms with Crippen LogP contribution in [0, 0.1) is 5.82 Å². The van der Waals surface area contributed by atoms with E-state index < -0.39 is 0 Å². The van der Waals surface area contributed by atoms with E-state index in [-0.39, 0.29) is 24.4 Å². The van der Waals surface area contributed by atoms with Crippen molar-refractivity contribution in [2.45, 2.75) is 12.0 Å². The molecule has 5 nitrogen and oxygen atoms in total. The number of aliphatic hydroxyl groups excluding tert-OH is 1. The number of nitrogens with one attached hydrogen (secondary N) is 2. The molecule has 27 heavy (non-hydrogen) atoms. The van der Waals surface area contributed by atoms with Gasteiger partial charge in [0.15, 0.2) is 5.96 Å². The predicted molar refractivity (Wildman–Crippen MR) is 108 cm³/mol. The summed E-state index contributed by atoms with van der Waals surface area (Å²) >= 11 is 0. The van der Waals surface area contributed by atoms with Gasteiger partial charge < -0.3 is 20.6 Å². The van der Waals surface area contributed by atoms with Crippen LogP contribution in [0.1, 0.15) is 23.1 Å². The van der Waals surface area contributed by atoms with E-state index in [0.717, 1.165) is 11.1 Å². The first-order chi connectivity index (χ1) is 13.0. The van der Waals surface area contributed by atoms with Crippen LogP contribution in [0.3, 0.4) is 0 Å². The Morgan fingerprint density at radius 3 is 2.30 bits per heavy atom. The highest BCUT2D eigenvalue weighted by Crippen LogP contribution is 2.18. The van der Waals surface area contributed by atoms with Crippen LogP contribution < -0.4 is 10.6 Å². The van der Waals surface area contributed by atoms with Crippen LogP contribution in [-0.4, -0.2) is 56.8 Å². The number of aliphatic hydroxyl groups is 1. The lowest BCUT2D eigenvalue weighted by molar-refractivity contribution is 0.264. The van der Waals surface area contributed by atoms with E-state index >= 15 is 0 Å². The van der Waals surface area contributed by atoms with E-state index in [1.165, 1.54) is 6.07 Å². The lowest BCUT2D eigenvalue weighted by Crippen LogP contribution is -2.43. The third kappa shape index (κ3) is 6.34. The largest absolute Gasteiger partial charge is 0.396 e. The van der Waals surface area contributed by atoms with Crippen molar-refractivity contribution in [2.75, 3.05) is 40.8 Å². The van der Waals surface area contributed by atoms with E-state index in [4.69, 9.17) is 0 Å². The number of likely N-dealkylation sites (N-methyl/N-ethyl adjacent to an activating group) is 1. The van der Waals surface area contributed by atoms with Gasteiger partial charge in [0.1, 0.15) is 5.82 Å². The number of rotatable bonds is 8. The van der Waals surface area contributed by atoms with Crippen LogP contribution in [0.15, 0.2) is 59.6 Å². The Kier molecular flexibility index (Phi) is 8.23. The van der Waals surface area contributed by atoms with Gasteiger partial charge in [-0.05, 0) is 37.4 Å². The minimum Gasteiger partial charge on any atom is -0.396 e. The average molecular weight is 372 g/mol. The molecule has 3 N–H and O–H groups in total. The quantitative estimate of drug-likeness (QED) is 0.492. The van der Waals surface area contributed by atoms with Gasteiger partial charge >= 0.3 is 0 Å². The van der Waals surface area contributed by atoms with E-state index in [1.54, 1.807) is 19.2 Å². The molecule has 0 radical (unpaired) electrons. The molecule has 146 valence electrons. The van der Waals surface area contributed by atoms with Gasteiger partial charge in [-0.15, -0.1) is 0 Å². The summed E-state index contributed by atoms with van der Waals surface area (Å²) < 4.78 is 13.6. The van der Waals surface area contributed by atoms with Crippen molar-refractivity contribution >= 4 is 5.96 Å². The van der Waals surface area contributed by atoms with Crippen molar-refractivity contribution in [1.82, 2.24) is 15.5 Å². The molecule has 0 fully saturated rings. The Morgan fingerprint density at radius 2 is 1.70 bits per heavy atom. The van der Waals surface area contributed by atoms with Crippen LogP contribution in [0.2, 0.25) is 0 Å². The molecule has 0 aliphatic carbocycles. The number of aliphatic imine (C=N–C) groups is 1. The first-order valence-corrected chi connectivity index (χ1v) is 9.07. The van der Waals surface area contributed by atoms with Gasteiger partial charge in [-0.25, -0.2) is 4.39 Å². The molecule has 0 amide bonds. The number of hydrogen-bond acceptors (Lipinski definition) is 3. The smallest absolute Gasteiger partial charge is 0.191 e. The fraction of sp³-hybridized carbons (Fsp3) is 0.381. The second-order valence-electron chi connectivity index (χ2n) is 6.66. The minimum atomic E-state index is -0.240. The normalized spacial score (nSPS) is 14.1. The summed E-state index contributed by atoms with van der Waals surface area (Å²) in [5, 5.41) is 16.2. The standard InChI is InChI=1S/C21H29FN4O/c1-23-21(24-13-18(15-27)16-8-5-4-6-9-16)25-14-20(26(2)3)17-10-7-11-19(22)12-17/h4-12,18,20,27H,13-15H2,1-3H3,(H2,23,24,25). The zero-order chi connectivity index (χ0) is 19.6. The summed E-state index contributed by atoms with van der Waals surface area (Å²) in [6.45, 7) is 1.19. The van der Waals surface area contributed by atoms with Crippen molar-refractivity contribution in [3.63, 3.8) is 0 Å². The molecule has 0 saturated carbocycles. The summed E-state index contributed by atoms with van der Waals surface area (Å²) in [6, 6.07) is 16.5. The molecule has 0 aliphatic rings. The van der Waals surface area contributed by atoms with Crippen molar-refractivity contribution in [3.05, 3.63) is 71.5 Å². The molecule has 2 unspecified atom stereocenters. The molecule has 6 heteroatoms. The molecule has 2 aromatic rings. The second kappa shape index (κ2) is 10.6. The Labute approximate surface area is 160 Å². The number of guanidine groups is 1. The molecule has 0 heterocycles. The maximum atomic E-state index is 13.6. The van der Waals surface area contributed by atoms with Crippen LogP contribution >= 0.6 is 0 Å². The Hall–Kier alpha value is -2.44. The molecule has 0 aliphatic heterocycles. The highest BCUT2D eigenvalue weighted by atomic mass is 19.1. The zero-order valence-electron chi connectivity index (χ0n) is 16.2. The molecule has 0 aromatic heterocycles. The molecule has 0 bridgehead atoms. The van der Waals surface area contributed by atoms with Gasteiger partial charge in [-0.2, -0.15) is 0 Å². The molecule has 2 atom stereocenters. The van der Waals surface area contributed by atoms with E-state index in [2.05, 4.69) is 15.6 Å².